The molecule has 0 aliphatic carbocycles. The number of fused-ring (bicyclic) bond motifs is 4. The summed E-state index contributed by atoms with van der Waals surface area (Å²) in [6, 6.07) is 4.05. The van der Waals surface area contributed by atoms with Crippen molar-refractivity contribution in [1.82, 2.24) is 40.4 Å². The third kappa shape index (κ3) is 10.1. The van der Waals surface area contributed by atoms with E-state index >= 15 is 0 Å². The van der Waals surface area contributed by atoms with Gasteiger partial charge >= 0.3 is 0 Å². The van der Waals surface area contributed by atoms with Crippen LogP contribution in [-0.4, -0.2) is 103 Å². The zero-order valence-corrected chi connectivity index (χ0v) is 30.0. The van der Waals surface area contributed by atoms with Gasteiger partial charge in [0.05, 0.1) is 17.9 Å². The number of hydrogen-bond donors (Lipinski definition) is 3. The molecule has 1 aromatic carbocycles. The Morgan fingerprint density at radius 1 is 1.06 bits per heavy atom. The van der Waals surface area contributed by atoms with Crippen LogP contribution in [0.2, 0.25) is 0 Å². The molecule has 14 nitrogen and oxygen atoms in total. The SMILES string of the molecule is CC(C)C[C@H]1NC(=O)c2ccc(F)cc2OCc2cn(nn2)CCCCCCCNC(=O)[C@H](Cc2cccnc2)N(C)C(=O)[C@H]2C[C@H](O)CN2C1=O. The summed E-state index contributed by atoms with van der Waals surface area (Å²) in [6.45, 7) is 4.68. The molecule has 0 spiro atoms. The Balaban J connectivity index is 1.44. The highest BCUT2D eigenvalue weighted by Crippen LogP contribution is 2.26. The monoisotopic (exact) mass is 720 g/mol. The normalized spacial score (nSPS) is 23.2. The highest BCUT2D eigenvalue weighted by Gasteiger charge is 2.44. The first-order valence-corrected chi connectivity index (χ1v) is 18.0. The number of benzene rings is 1. The number of halogens is 1. The molecule has 4 heterocycles. The number of carbonyl (C=O) groups is 4. The number of likely N-dealkylation sites (N-methyl/N-ethyl adjacent to an activating group) is 1. The number of aryl methyl sites for hydroxylation is 1. The number of rotatable bonds is 4. The van der Waals surface area contributed by atoms with Gasteiger partial charge in [0.2, 0.25) is 17.7 Å². The van der Waals surface area contributed by atoms with Crippen LogP contribution < -0.4 is 15.4 Å². The van der Waals surface area contributed by atoms with Crippen molar-refractivity contribution in [3.63, 3.8) is 0 Å². The van der Waals surface area contributed by atoms with Gasteiger partial charge in [0, 0.05) is 58.0 Å². The van der Waals surface area contributed by atoms with E-state index in [9.17, 15) is 28.7 Å². The maximum Gasteiger partial charge on any atom is 0.255 e. The molecule has 15 heteroatoms. The van der Waals surface area contributed by atoms with Crippen molar-refractivity contribution in [1.29, 1.82) is 0 Å². The summed E-state index contributed by atoms with van der Waals surface area (Å²) < 4.78 is 22.0. The van der Waals surface area contributed by atoms with Crippen LogP contribution in [0.5, 0.6) is 5.75 Å². The number of ether oxygens (including phenoxy) is 1. The fraction of sp³-hybridized carbons (Fsp3) is 0.541. The van der Waals surface area contributed by atoms with E-state index < -0.39 is 47.8 Å². The Labute approximate surface area is 303 Å². The third-order valence-corrected chi connectivity index (χ3v) is 9.44. The van der Waals surface area contributed by atoms with E-state index in [1.165, 1.54) is 22.9 Å². The number of aromatic nitrogens is 4. The topological polar surface area (TPSA) is 172 Å². The second-order valence-electron chi connectivity index (χ2n) is 14.0. The van der Waals surface area contributed by atoms with E-state index in [-0.39, 0.29) is 55.6 Å². The van der Waals surface area contributed by atoms with Crippen molar-refractivity contribution in [2.75, 3.05) is 20.1 Å². The summed E-state index contributed by atoms with van der Waals surface area (Å²) in [4.78, 5) is 62.7. The molecule has 2 aliphatic rings. The number of nitrogens with zero attached hydrogens (tertiary/aromatic N) is 6. The average molecular weight is 721 g/mol. The largest absolute Gasteiger partial charge is 0.486 e. The van der Waals surface area contributed by atoms with Gasteiger partial charge in [0.15, 0.2) is 0 Å². The van der Waals surface area contributed by atoms with Crippen LogP contribution in [0.3, 0.4) is 0 Å². The summed E-state index contributed by atoms with van der Waals surface area (Å²) >= 11 is 0. The minimum Gasteiger partial charge on any atom is -0.486 e. The molecule has 0 saturated carbocycles. The minimum atomic E-state index is -1.08. The second-order valence-corrected chi connectivity index (χ2v) is 14.0. The van der Waals surface area contributed by atoms with Crippen LogP contribution in [0.25, 0.3) is 0 Å². The predicted octanol–water partition coefficient (Wildman–Crippen LogP) is 2.65. The van der Waals surface area contributed by atoms with Crippen LogP contribution in [0, 0.1) is 11.7 Å². The van der Waals surface area contributed by atoms with Crippen molar-refractivity contribution in [2.24, 2.45) is 5.92 Å². The Morgan fingerprint density at radius 2 is 1.85 bits per heavy atom. The van der Waals surface area contributed by atoms with Crippen molar-refractivity contribution in [2.45, 2.75) is 103 Å². The number of amides is 4. The van der Waals surface area contributed by atoms with Gasteiger partial charge in [-0.15, -0.1) is 5.10 Å². The van der Waals surface area contributed by atoms with Crippen LogP contribution in [0.1, 0.15) is 80.4 Å². The van der Waals surface area contributed by atoms with Gasteiger partial charge in [-0.3, -0.25) is 28.8 Å². The predicted molar refractivity (Wildman–Crippen MR) is 188 cm³/mol. The Bertz CT molecular complexity index is 1690. The van der Waals surface area contributed by atoms with Gasteiger partial charge in [-0.05, 0) is 48.9 Å². The number of aliphatic hydroxyl groups is 1. The van der Waals surface area contributed by atoms with Crippen LogP contribution in [0.15, 0.2) is 48.9 Å². The lowest BCUT2D eigenvalue weighted by molar-refractivity contribution is -0.147. The van der Waals surface area contributed by atoms with Crippen LogP contribution in [0.4, 0.5) is 4.39 Å². The molecule has 0 radical (unpaired) electrons. The molecule has 52 heavy (non-hydrogen) atoms. The Morgan fingerprint density at radius 3 is 2.62 bits per heavy atom. The number of carbonyl (C=O) groups excluding carboxylic acids is 4. The second kappa shape index (κ2) is 18.0. The van der Waals surface area contributed by atoms with E-state index in [0.717, 1.165) is 49.8 Å². The van der Waals surface area contributed by atoms with Gasteiger partial charge in [-0.1, -0.05) is 44.4 Å². The van der Waals surface area contributed by atoms with E-state index in [1.54, 1.807) is 29.3 Å². The molecule has 4 amide bonds. The lowest BCUT2D eigenvalue weighted by Gasteiger charge is -2.34. The van der Waals surface area contributed by atoms with Gasteiger partial charge in [-0.2, -0.15) is 0 Å². The molecule has 3 aromatic rings. The Hall–Kier alpha value is -4.92. The summed E-state index contributed by atoms with van der Waals surface area (Å²) in [7, 11) is 1.53. The molecule has 2 bridgehead atoms. The van der Waals surface area contributed by atoms with Gasteiger partial charge in [0.25, 0.3) is 5.91 Å². The molecular formula is C37H49FN8O6. The highest BCUT2D eigenvalue weighted by atomic mass is 19.1. The molecule has 2 aromatic heterocycles. The molecule has 2 aliphatic heterocycles. The molecule has 1 fully saturated rings. The summed E-state index contributed by atoms with van der Waals surface area (Å²) in [5, 5.41) is 24.9. The minimum absolute atomic E-state index is 0.0129. The maximum absolute atomic E-state index is 14.4. The molecule has 5 rings (SSSR count). The van der Waals surface area contributed by atoms with E-state index in [4.69, 9.17) is 4.74 Å². The first-order valence-electron chi connectivity index (χ1n) is 18.0. The maximum atomic E-state index is 14.4. The van der Waals surface area contributed by atoms with E-state index in [1.807, 2.05) is 19.9 Å². The first kappa shape index (κ1) is 38.3. The van der Waals surface area contributed by atoms with Crippen molar-refractivity contribution in [3.05, 3.63) is 71.6 Å². The third-order valence-electron chi connectivity index (χ3n) is 9.44. The first-order chi connectivity index (χ1) is 25.0. The van der Waals surface area contributed by atoms with Gasteiger partial charge in [-0.25, -0.2) is 4.39 Å². The Kier molecular flexibility index (Phi) is 13.3. The molecule has 3 N–H and O–H groups in total. The summed E-state index contributed by atoms with van der Waals surface area (Å²) in [5.74, 6) is -2.74. The van der Waals surface area contributed by atoms with Gasteiger partial charge < -0.3 is 30.3 Å². The quantitative estimate of drug-likeness (QED) is 0.367. The van der Waals surface area contributed by atoms with E-state index in [0.29, 0.717) is 18.8 Å². The fourth-order valence-corrected chi connectivity index (χ4v) is 6.68. The van der Waals surface area contributed by atoms with Crippen molar-refractivity contribution in [3.8, 4) is 5.75 Å². The highest BCUT2D eigenvalue weighted by molar-refractivity contribution is 6.00. The molecule has 1 saturated heterocycles. The number of nitrogens with one attached hydrogen (secondary N) is 2. The number of aliphatic hydroxyl groups excluding tert-OH is 1. The molecule has 0 unspecified atom stereocenters. The zero-order chi connectivity index (χ0) is 37.2. The molecular weight excluding hydrogens is 671 g/mol. The molecule has 280 valence electrons. The molecule has 4 atom stereocenters. The smallest absolute Gasteiger partial charge is 0.255 e. The zero-order valence-electron chi connectivity index (χ0n) is 30.0. The average Bonchev–Trinajstić information content (AvgIpc) is 3.75. The standard InChI is InChI=1S/C37H49FN8O6/c1-24(2)16-30-36(50)46-22-28(47)19-32(46)37(51)44(3)31(17-25-10-9-13-39-20-25)35(49)40-14-7-5-4-6-8-15-45-21-27(42-43-45)23-52-33-18-26(38)11-12-29(33)34(48)41-30/h9-13,18,20-21,24,28,30-32,47H,4-8,14-17,19,22-23H2,1-3H3,(H,40,49)(H,41,48)/t28-,30+,31-,32+/m0/s1. The number of hydrogen-bond acceptors (Lipinski definition) is 9. The van der Waals surface area contributed by atoms with Crippen molar-refractivity contribution < 1.29 is 33.4 Å². The fourth-order valence-electron chi connectivity index (χ4n) is 6.68. The lowest BCUT2D eigenvalue weighted by Crippen LogP contribution is -2.57. The lowest BCUT2D eigenvalue weighted by atomic mass is 10.0. The number of pyridine rings is 1. The van der Waals surface area contributed by atoms with Gasteiger partial charge in [0.1, 0.15) is 42.0 Å². The van der Waals surface area contributed by atoms with E-state index in [2.05, 4.69) is 25.9 Å². The van der Waals surface area contributed by atoms with Crippen LogP contribution >= 0.6 is 0 Å². The van der Waals surface area contributed by atoms with Crippen molar-refractivity contribution >= 4 is 23.6 Å². The summed E-state index contributed by atoms with van der Waals surface area (Å²) in [6.07, 6.45) is 8.84. The van der Waals surface area contributed by atoms with Crippen LogP contribution in [-0.2, 0) is 34.0 Å². The summed E-state index contributed by atoms with van der Waals surface area (Å²) in [5.41, 5.74) is 1.27.